The summed E-state index contributed by atoms with van der Waals surface area (Å²) < 4.78 is 3.96. The third-order valence-corrected chi connectivity index (χ3v) is 5.97. The van der Waals surface area contributed by atoms with Gasteiger partial charge in [-0.15, -0.1) is 10.2 Å². The lowest BCUT2D eigenvalue weighted by Gasteiger charge is -2.31. The highest BCUT2D eigenvalue weighted by molar-refractivity contribution is 5.12. The van der Waals surface area contributed by atoms with E-state index >= 15 is 0 Å². The minimum atomic E-state index is 0.0364. The standard InChI is InChI=1S/C19H26N6O/c26-19-6-5-17(15-1-2-15)22-25(19)11-14-7-9-23(10-8-14)12-18-21-20-13-24(18)16-3-4-16/h5-6,13-16H,1-4,7-12H2. The van der Waals surface area contributed by atoms with Crippen LogP contribution in [0.25, 0.3) is 0 Å². The van der Waals surface area contributed by atoms with Gasteiger partial charge in [-0.3, -0.25) is 9.69 Å². The number of nitrogens with zero attached hydrogens (tertiary/aromatic N) is 6. The van der Waals surface area contributed by atoms with Crippen molar-refractivity contribution in [3.63, 3.8) is 0 Å². The summed E-state index contributed by atoms with van der Waals surface area (Å²) in [5.41, 5.74) is 1.14. The second-order valence-electron chi connectivity index (χ2n) is 8.16. The predicted molar refractivity (Wildman–Crippen MR) is 96.8 cm³/mol. The molecule has 2 aliphatic carbocycles. The molecule has 2 aromatic rings. The van der Waals surface area contributed by atoms with Gasteiger partial charge in [0.1, 0.15) is 12.2 Å². The summed E-state index contributed by atoms with van der Waals surface area (Å²) in [4.78, 5) is 14.6. The van der Waals surface area contributed by atoms with Crippen LogP contribution in [0.3, 0.4) is 0 Å². The maximum Gasteiger partial charge on any atom is 0.266 e. The van der Waals surface area contributed by atoms with Crippen molar-refractivity contribution in [2.45, 2.75) is 63.6 Å². The van der Waals surface area contributed by atoms with Crippen LogP contribution in [0.15, 0.2) is 23.3 Å². The molecule has 7 heteroatoms. The van der Waals surface area contributed by atoms with Gasteiger partial charge in [-0.05, 0) is 63.6 Å². The Labute approximate surface area is 153 Å². The molecule has 1 saturated heterocycles. The Morgan fingerprint density at radius 3 is 2.58 bits per heavy atom. The minimum Gasteiger partial charge on any atom is -0.313 e. The van der Waals surface area contributed by atoms with Crippen LogP contribution in [0.4, 0.5) is 0 Å². The monoisotopic (exact) mass is 354 g/mol. The lowest BCUT2D eigenvalue weighted by atomic mass is 9.97. The van der Waals surface area contributed by atoms with Gasteiger partial charge in [0.05, 0.1) is 12.2 Å². The van der Waals surface area contributed by atoms with Crippen LogP contribution in [0.5, 0.6) is 0 Å². The number of hydrogen-bond donors (Lipinski definition) is 0. The molecule has 0 bridgehead atoms. The van der Waals surface area contributed by atoms with Crippen LogP contribution in [0, 0.1) is 5.92 Å². The SMILES string of the molecule is O=c1ccc(C2CC2)nn1CC1CCN(Cc2nncn2C2CC2)CC1. The van der Waals surface area contributed by atoms with Gasteiger partial charge in [-0.2, -0.15) is 5.10 Å². The minimum absolute atomic E-state index is 0.0364. The summed E-state index contributed by atoms with van der Waals surface area (Å²) in [6.07, 6.45) is 9.05. The quantitative estimate of drug-likeness (QED) is 0.793. The molecular formula is C19H26N6O. The molecule has 0 radical (unpaired) electrons. The summed E-state index contributed by atoms with van der Waals surface area (Å²) in [5, 5.41) is 13.0. The number of aromatic nitrogens is 5. The van der Waals surface area contributed by atoms with E-state index in [2.05, 4.69) is 24.8 Å². The Kier molecular flexibility index (Phi) is 4.11. The largest absolute Gasteiger partial charge is 0.313 e. The molecule has 0 N–H and O–H groups in total. The normalized spacial score (nSPS) is 22.0. The second kappa shape index (κ2) is 6.61. The summed E-state index contributed by atoms with van der Waals surface area (Å²) >= 11 is 0. The number of piperidine rings is 1. The average Bonchev–Trinajstić information content (AvgIpc) is 3.58. The van der Waals surface area contributed by atoms with E-state index in [-0.39, 0.29) is 5.56 Å². The number of rotatable bonds is 6. The van der Waals surface area contributed by atoms with E-state index in [9.17, 15) is 4.79 Å². The molecule has 0 atom stereocenters. The average molecular weight is 354 g/mol. The fourth-order valence-corrected chi connectivity index (χ4v) is 4.00. The fourth-order valence-electron chi connectivity index (χ4n) is 4.00. The first-order valence-electron chi connectivity index (χ1n) is 9.95. The highest BCUT2D eigenvalue weighted by atomic mass is 16.1. The first-order valence-corrected chi connectivity index (χ1v) is 9.95. The Morgan fingerprint density at radius 1 is 1.04 bits per heavy atom. The summed E-state index contributed by atoms with van der Waals surface area (Å²) in [6.45, 7) is 3.75. The summed E-state index contributed by atoms with van der Waals surface area (Å²) in [6, 6.07) is 4.24. The van der Waals surface area contributed by atoms with E-state index in [1.165, 1.54) is 25.7 Å². The predicted octanol–water partition coefficient (Wildman–Crippen LogP) is 1.96. The van der Waals surface area contributed by atoms with Crippen LogP contribution in [-0.2, 0) is 13.1 Å². The van der Waals surface area contributed by atoms with Gasteiger partial charge in [0.25, 0.3) is 5.56 Å². The van der Waals surface area contributed by atoms with Gasteiger partial charge in [0, 0.05) is 24.6 Å². The van der Waals surface area contributed by atoms with Gasteiger partial charge < -0.3 is 4.57 Å². The van der Waals surface area contributed by atoms with Crippen molar-refractivity contribution in [3.8, 4) is 0 Å². The van der Waals surface area contributed by atoms with Crippen molar-refractivity contribution < 1.29 is 0 Å². The molecule has 0 aromatic carbocycles. The Balaban J connectivity index is 1.18. The van der Waals surface area contributed by atoms with E-state index in [0.717, 1.165) is 50.5 Å². The zero-order valence-electron chi connectivity index (χ0n) is 15.1. The van der Waals surface area contributed by atoms with Crippen molar-refractivity contribution in [1.82, 2.24) is 29.4 Å². The molecule has 3 fully saturated rings. The fraction of sp³-hybridized carbons (Fsp3) is 0.684. The van der Waals surface area contributed by atoms with Crippen LogP contribution >= 0.6 is 0 Å². The van der Waals surface area contributed by atoms with Crippen molar-refractivity contribution in [2.75, 3.05) is 13.1 Å². The third-order valence-electron chi connectivity index (χ3n) is 5.97. The summed E-state index contributed by atoms with van der Waals surface area (Å²) in [7, 11) is 0. The van der Waals surface area contributed by atoms with Gasteiger partial charge in [-0.1, -0.05) is 0 Å². The molecular weight excluding hydrogens is 328 g/mol. The molecule has 3 heterocycles. The zero-order valence-corrected chi connectivity index (χ0v) is 15.1. The molecule has 7 nitrogen and oxygen atoms in total. The van der Waals surface area contributed by atoms with Crippen LogP contribution in [-0.4, -0.2) is 42.5 Å². The maximum atomic E-state index is 12.1. The Hall–Kier alpha value is -2.02. The molecule has 2 saturated carbocycles. The van der Waals surface area contributed by atoms with Crippen molar-refractivity contribution in [1.29, 1.82) is 0 Å². The molecule has 5 rings (SSSR count). The van der Waals surface area contributed by atoms with Crippen LogP contribution in [0.1, 0.15) is 62.0 Å². The highest BCUT2D eigenvalue weighted by Crippen LogP contribution is 2.38. The van der Waals surface area contributed by atoms with Gasteiger partial charge in [0.15, 0.2) is 0 Å². The lowest BCUT2D eigenvalue weighted by Crippen LogP contribution is -2.37. The van der Waals surface area contributed by atoms with Crippen molar-refractivity contribution in [3.05, 3.63) is 40.3 Å². The van der Waals surface area contributed by atoms with E-state index in [0.29, 0.717) is 17.9 Å². The molecule has 0 amide bonds. The van der Waals surface area contributed by atoms with E-state index in [1.807, 2.05) is 12.4 Å². The molecule has 138 valence electrons. The second-order valence-corrected chi connectivity index (χ2v) is 8.16. The molecule has 2 aromatic heterocycles. The number of likely N-dealkylation sites (tertiary alicyclic amines) is 1. The number of hydrogen-bond acceptors (Lipinski definition) is 5. The van der Waals surface area contributed by atoms with Crippen molar-refractivity contribution in [2.24, 2.45) is 5.92 Å². The summed E-state index contributed by atoms with van der Waals surface area (Å²) in [5.74, 6) is 2.22. The van der Waals surface area contributed by atoms with Gasteiger partial charge in [0.2, 0.25) is 0 Å². The molecule has 0 spiro atoms. The molecule has 0 unspecified atom stereocenters. The van der Waals surface area contributed by atoms with E-state index < -0.39 is 0 Å². The molecule has 1 aliphatic heterocycles. The first kappa shape index (κ1) is 16.2. The first-order chi connectivity index (χ1) is 12.8. The smallest absolute Gasteiger partial charge is 0.266 e. The topological polar surface area (TPSA) is 68.8 Å². The van der Waals surface area contributed by atoms with E-state index in [4.69, 9.17) is 0 Å². The van der Waals surface area contributed by atoms with Gasteiger partial charge in [-0.25, -0.2) is 4.68 Å². The zero-order chi connectivity index (χ0) is 17.5. The molecule has 3 aliphatic rings. The lowest BCUT2D eigenvalue weighted by molar-refractivity contribution is 0.158. The van der Waals surface area contributed by atoms with E-state index in [1.54, 1.807) is 10.7 Å². The van der Waals surface area contributed by atoms with Crippen LogP contribution in [0.2, 0.25) is 0 Å². The highest BCUT2D eigenvalue weighted by Gasteiger charge is 2.28. The third kappa shape index (κ3) is 3.45. The Morgan fingerprint density at radius 2 is 1.85 bits per heavy atom. The maximum absolute atomic E-state index is 12.1. The van der Waals surface area contributed by atoms with Crippen LogP contribution < -0.4 is 5.56 Å². The Bertz CT molecular complexity index is 827. The van der Waals surface area contributed by atoms with Gasteiger partial charge >= 0.3 is 0 Å². The molecule has 26 heavy (non-hydrogen) atoms. The van der Waals surface area contributed by atoms with Crippen molar-refractivity contribution >= 4 is 0 Å².